The van der Waals surface area contributed by atoms with Gasteiger partial charge in [-0.2, -0.15) is 0 Å². The fourth-order valence-corrected chi connectivity index (χ4v) is 3.85. The van der Waals surface area contributed by atoms with E-state index in [-0.39, 0.29) is 11.1 Å². The maximum Gasteiger partial charge on any atom is 0.327 e. The Balaban J connectivity index is 1.46. The van der Waals surface area contributed by atoms with Crippen LogP contribution in [0.2, 0.25) is 5.02 Å². The quantitative estimate of drug-likeness (QED) is 0.290. The number of benzene rings is 3. The minimum Gasteiger partial charge on any atom is -0.493 e. The van der Waals surface area contributed by atoms with Crippen molar-refractivity contribution < 1.29 is 19.0 Å². The van der Waals surface area contributed by atoms with Crippen LogP contribution in [0.5, 0.6) is 23.0 Å². The predicted molar refractivity (Wildman–Crippen MR) is 146 cm³/mol. The SMILES string of the molecule is COc1cc2nccc(Oc3ccc(NC(=S)NC(=O)N(C)c4ccccc4)cc3Cl)c2cc1OC. The Hall–Kier alpha value is -4.08. The molecule has 1 aromatic heterocycles. The zero-order chi connectivity index (χ0) is 25.7. The molecule has 1 heterocycles. The number of hydrogen-bond donors (Lipinski definition) is 2. The number of anilines is 2. The summed E-state index contributed by atoms with van der Waals surface area (Å²) in [6, 6.07) is 19.3. The highest BCUT2D eigenvalue weighted by Crippen LogP contribution is 2.38. The topological polar surface area (TPSA) is 85.0 Å². The van der Waals surface area contributed by atoms with Gasteiger partial charge in [0.2, 0.25) is 0 Å². The number of rotatable bonds is 6. The Morgan fingerprint density at radius 2 is 1.67 bits per heavy atom. The fourth-order valence-electron chi connectivity index (χ4n) is 3.43. The molecule has 36 heavy (non-hydrogen) atoms. The first-order valence-corrected chi connectivity index (χ1v) is 11.6. The van der Waals surface area contributed by atoms with E-state index in [1.54, 1.807) is 63.9 Å². The molecule has 0 saturated heterocycles. The van der Waals surface area contributed by atoms with Gasteiger partial charge >= 0.3 is 6.03 Å². The summed E-state index contributed by atoms with van der Waals surface area (Å²) in [6.07, 6.45) is 1.64. The Morgan fingerprint density at radius 3 is 2.36 bits per heavy atom. The average Bonchev–Trinajstić information content (AvgIpc) is 2.89. The van der Waals surface area contributed by atoms with Crippen LogP contribution in [-0.2, 0) is 0 Å². The van der Waals surface area contributed by atoms with Gasteiger partial charge in [0.15, 0.2) is 16.6 Å². The van der Waals surface area contributed by atoms with Crippen molar-refractivity contribution in [1.29, 1.82) is 0 Å². The first-order chi connectivity index (χ1) is 17.4. The third-order valence-corrected chi connectivity index (χ3v) is 5.78. The van der Waals surface area contributed by atoms with E-state index < -0.39 is 0 Å². The zero-order valence-corrected chi connectivity index (χ0v) is 21.3. The predicted octanol–water partition coefficient (Wildman–Crippen LogP) is 6.24. The molecular formula is C26H23ClN4O4S. The third kappa shape index (κ3) is 5.59. The minimum atomic E-state index is -0.374. The number of halogens is 1. The van der Waals surface area contributed by atoms with Gasteiger partial charge < -0.3 is 19.5 Å². The number of nitrogens with one attached hydrogen (secondary N) is 2. The molecule has 0 spiro atoms. The largest absolute Gasteiger partial charge is 0.493 e. The highest BCUT2D eigenvalue weighted by atomic mass is 35.5. The molecule has 0 unspecified atom stereocenters. The number of pyridine rings is 1. The normalized spacial score (nSPS) is 10.4. The van der Waals surface area contributed by atoms with E-state index in [9.17, 15) is 4.79 Å². The minimum absolute atomic E-state index is 0.133. The highest BCUT2D eigenvalue weighted by molar-refractivity contribution is 7.80. The van der Waals surface area contributed by atoms with Crippen molar-refractivity contribution in [2.24, 2.45) is 0 Å². The summed E-state index contributed by atoms with van der Waals surface area (Å²) >= 11 is 11.8. The lowest BCUT2D eigenvalue weighted by atomic mass is 10.2. The molecule has 2 amide bonds. The van der Waals surface area contributed by atoms with Crippen LogP contribution in [0.15, 0.2) is 72.9 Å². The number of carbonyl (C=O) groups is 1. The highest BCUT2D eigenvalue weighted by Gasteiger charge is 2.14. The van der Waals surface area contributed by atoms with Gasteiger partial charge in [-0.3, -0.25) is 15.2 Å². The van der Waals surface area contributed by atoms with Crippen molar-refractivity contribution >= 4 is 57.2 Å². The second kappa shape index (κ2) is 11.1. The van der Waals surface area contributed by atoms with Gasteiger partial charge in [0.1, 0.15) is 11.5 Å². The van der Waals surface area contributed by atoms with E-state index in [0.717, 1.165) is 11.1 Å². The second-order valence-corrected chi connectivity index (χ2v) is 8.37. The summed E-state index contributed by atoms with van der Waals surface area (Å²) in [5.74, 6) is 2.11. The molecule has 4 aromatic rings. The van der Waals surface area contributed by atoms with Gasteiger partial charge in [-0.25, -0.2) is 4.79 Å². The third-order valence-electron chi connectivity index (χ3n) is 5.29. The van der Waals surface area contributed by atoms with Crippen molar-refractivity contribution in [3.05, 3.63) is 77.9 Å². The first-order valence-electron chi connectivity index (χ1n) is 10.8. The van der Waals surface area contributed by atoms with Crippen LogP contribution in [0.1, 0.15) is 0 Å². The average molecular weight is 523 g/mol. The van der Waals surface area contributed by atoms with Crippen molar-refractivity contribution in [3.63, 3.8) is 0 Å². The molecule has 0 aliphatic heterocycles. The summed E-state index contributed by atoms with van der Waals surface area (Å²) < 4.78 is 16.9. The van der Waals surface area contributed by atoms with E-state index in [2.05, 4.69) is 15.6 Å². The number of amides is 2. The molecule has 2 N–H and O–H groups in total. The maximum atomic E-state index is 12.5. The molecule has 8 nitrogen and oxygen atoms in total. The van der Waals surface area contributed by atoms with Crippen LogP contribution in [0.25, 0.3) is 10.9 Å². The van der Waals surface area contributed by atoms with E-state index in [0.29, 0.717) is 39.2 Å². The van der Waals surface area contributed by atoms with Crippen LogP contribution >= 0.6 is 23.8 Å². The van der Waals surface area contributed by atoms with Gasteiger partial charge in [0, 0.05) is 36.1 Å². The zero-order valence-electron chi connectivity index (χ0n) is 19.7. The van der Waals surface area contributed by atoms with Crippen LogP contribution in [0.4, 0.5) is 16.2 Å². The van der Waals surface area contributed by atoms with Crippen LogP contribution in [0.3, 0.4) is 0 Å². The number of nitrogens with zero attached hydrogens (tertiary/aromatic N) is 2. The smallest absolute Gasteiger partial charge is 0.327 e. The molecular weight excluding hydrogens is 500 g/mol. The number of methoxy groups -OCH3 is 2. The molecule has 0 saturated carbocycles. The van der Waals surface area contributed by atoms with Crippen LogP contribution in [-0.4, -0.2) is 37.4 Å². The van der Waals surface area contributed by atoms with E-state index >= 15 is 0 Å². The maximum absolute atomic E-state index is 12.5. The van der Waals surface area contributed by atoms with Crippen LogP contribution < -0.4 is 29.7 Å². The van der Waals surface area contributed by atoms with Crippen molar-refractivity contribution in [1.82, 2.24) is 10.3 Å². The lowest BCUT2D eigenvalue weighted by molar-refractivity contribution is 0.252. The summed E-state index contributed by atoms with van der Waals surface area (Å²) in [4.78, 5) is 18.3. The van der Waals surface area contributed by atoms with E-state index in [4.69, 9.17) is 38.0 Å². The lowest BCUT2D eigenvalue weighted by Crippen LogP contribution is -2.42. The second-order valence-electron chi connectivity index (χ2n) is 7.56. The number of carbonyl (C=O) groups excluding carboxylic acids is 1. The first kappa shape index (κ1) is 25.0. The molecule has 3 aromatic carbocycles. The summed E-state index contributed by atoms with van der Waals surface area (Å²) in [5.41, 5.74) is 2.01. The van der Waals surface area contributed by atoms with Gasteiger partial charge in [0.25, 0.3) is 0 Å². The number of ether oxygens (including phenoxy) is 3. The number of hydrogen-bond acceptors (Lipinski definition) is 6. The standard InChI is InChI=1S/C26H23ClN4O4S/c1-31(17-7-5-4-6-8-17)26(32)30-25(36)29-16-9-10-22(19(27)13-16)35-21-11-12-28-20-15-24(34-3)23(33-2)14-18(20)21/h4-15H,1-3H3,(H2,29,30,32,36). The van der Waals surface area contributed by atoms with Crippen molar-refractivity contribution in [2.75, 3.05) is 31.5 Å². The van der Waals surface area contributed by atoms with Gasteiger partial charge in [-0.15, -0.1) is 0 Å². The Bertz CT molecular complexity index is 1420. The molecule has 0 atom stereocenters. The summed E-state index contributed by atoms with van der Waals surface area (Å²) in [6.45, 7) is 0. The van der Waals surface area contributed by atoms with Gasteiger partial charge in [0.05, 0.1) is 24.8 Å². The molecule has 0 aliphatic carbocycles. The number of aromatic nitrogens is 1. The van der Waals surface area contributed by atoms with E-state index in [1.165, 1.54) is 4.90 Å². The van der Waals surface area contributed by atoms with Crippen molar-refractivity contribution in [3.8, 4) is 23.0 Å². The number of thiocarbonyl (C=S) groups is 1. The lowest BCUT2D eigenvalue weighted by Gasteiger charge is -2.19. The Kier molecular flexibility index (Phi) is 7.72. The van der Waals surface area contributed by atoms with Gasteiger partial charge in [-0.1, -0.05) is 29.8 Å². The molecule has 0 radical (unpaired) electrons. The fraction of sp³-hybridized carbons (Fsp3) is 0.115. The van der Waals surface area contributed by atoms with E-state index in [1.807, 2.05) is 30.3 Å². The molecule has 4 rings (SSSR count). The Morgan fingerprint density at radius 1 is 0.944 bits per heavy atom. The molecule has 0 bridgehead atoms. The van der Waals surface area contributed by atoms with Crippen LogP contribution in [0, 0.1) is 0 Å². The molecule has 184 valence electrons. The van der Waals surface area contributed by atoms with Gasteiger partial charge in [-0.05, 0) is 54.7 Å². The van der Waals surface area contributed by atoms with Crippen molar-refractivity contribution in [2.45, 2.75) is 0 Å². The Labute approximate surface area is 218 Å². The summed E-state index contributed by atoms with van der Waals surface area (Å²) in [5, 5.41) is 6.82. The molecule has 0 fully saturated rings. The number of para-hydroxylation sites is 1. The number of urea groups is 1. The molecule has 0 aliphatic rings. The molecule has 10 heteroatoms. The monoisotopic (exact) mass is 522 g/mol. The number of fused-ring (bicyclic) bond motifs is 1. The summed E-state index contributed by atoms with van der Waals surface area (Å²) in [7, 11) is 4.79.